The Labute approximate surface area is 199 Å². The number of aromatic nitrogens is 5. The Balaban J connectivity index is 1.70. The number of nitrogens with zero attached hydrogens (tertiary/aromatic N) is 5. The summed E-state index contributed by atoms with van der Waals surface area (Å²) in [6.07, 6.45) is 4.21. The van der Waals surface area contributed by atoms with E-state index in [1.54, 1.807) is 19.2 Å². The van der Waals surface area contributed by atoms with Crippen molar-refractivity contribution in [2.24, 2.45) is 5.41 Å². The lowest BCUT2D eigenvalue weighted by molar-refractivity contribution is 0.0912. The Hall–Kier alpha value is -4.32. The molecule has 11 nitrogen and oxygen atoms in total. The molecule has 0 saturated heterocycles. The minimum atomic E-state index is -0.636. The number of rotatable bonds is 8. The number of fused-ring (bicyclic) bond motifs is 1. The molecule has 0 aliphatic carbocycles. The Morgan fingerprint density at radius 2 is 2.06 bits per heavy atom. The zero-order chi connectivity index (χ0) is 25.2. The van der Waals surface area contributed by atoms with Gasteiger partial charge in [0.25, 0.3) is 11.5 Å². The summed E-state index contributed by atoms with van der Waals surface area (Å²) in [7, 11) is 1.68. The zero-order valence-corrected chi connectivity index (χ0v) is 19.4. The lowest BCUT2D eigenvalue weighted by atomic mass is 9.95. The van der Waals surface area contributed by atoms with Crippen LogP contribution in [0.2, 0.25) is 0 Å². The molecule has 0 aromatic carbocycles. The average Bonchev–Trinajstić information content (AvgIpc) is 3.28. The SMILES string of the molecule is CNc1cc(Nc2cccn(-c3ncccc3F)c2=O)nc2c(C(=O)NCC(C)(C)CO)cnn12. The second kappa shape index (κ2) is 9.50. The van der Waals surface area contributed by atoms with Gasteiger partial charge in [0.2, 0.25) is 0 Å². The monoisotopic (exact) mass is 480 g/mol. The smallest absolute Gasteiger partial charge is 0.280 e. The van der Waals surface area contributed by atoms with Gasteiger partial charge in [-0.05, 0) is 24.3 Å². The predicted octanol–water partition coefficient (Wildman–Crippen LogP) is 1.95. The number of carbonyl (C=O) groups excluding carboxylic acids is 1. The van der Waals surface area contributed by atoms with Gasteiger partial charge in [-0.2, -0.15) is 9.61 Å². The average molecular weight is 481 g/mol. The number of aliphatic hydroxyl groups is 1. The molecule has 0 radical (unpaired) electrons. The third kappa shape index (κ3) is 4.82. The standard InChI is InChI=1S/C23H25FN8O3/c1-23(2,13-33)12-27-21(34)14-11-28-32-18(25-3)10-17(30-19(14)32)29-16-7-5-9-31(22(16)35)20-15(24)6-4-8-26-20/h4-11,25,33H,12-13H2,1-3H3,(H,27,34)(H,29,30). The molecule has 0 spiro atoms. The van der Waals surface area contributed by atoms with Crippen LogP contribution in [0.15, 0.2) is 53.7 Å². The van der Waals surface area contributed by atoms with Crippen molar-refractivity contribution in [3.8, 4) is 5.82 Å². The van der Waals surface area contributed by atoms with Crippen molar-refractivity contribution in [1.29, 1.82) is 0 Å². The molecule has 4 aromatic heterocycles. The van der Waals surface area contributed by atoms with Crippen molar-refractivity contribution in [3.63, 3.8) is 0 Å². The van der Waals surface area contributed by atoms with Crippen molar-refractivity contribution in [1.82, 2.24) is 29.5 Å². The Morgan fingerprint density at radius 1 is 1.26 bits per heavy atom. The summed E-state index contributed by atoms with van der Waals surface area (Å²) in [4.78, 5) is 34.3. The molecule has 0 aliphatic rings. The number of hydrogen-bond acceptors (Lipinski definition) is 8. The molecule has 0 fully saturated rings. The first kappa shape index (κ1) is 23.8. The zero-order valence-electron chi connectivity index (χ0n) is 19.4. The van der Waals surface area contributed by atoms with E-state index in [-0.39, 0.29) is 41.7 Å². The molecule has 4 rings (SSSR count). The highest BCUT2D eigenvalue weighted by Gasteiger charge is 2.21. The van der Waals surface area contributed by atoms with Crippen LogP contribution < -0.4 is 21.5 Å². The molecule has 35 heavy (non-hydrogen) atoms. The van der Waals surface area contributed by atoms with Crippen LogP contribution in [0.1, 0.15) is 24.2 Å². The minimum absolute atomic E-state index is 0.0880. The highest BCUT2D eigenvalue weighted by molar-refractivity contribution is 6.00. The topological polar surface area (TPSA) is 138 Å². The highest BCUT2D eigenvalue weighted by atomic mass is 19.1. The molecule has 12 heteroatoms. The van der Waals surface area contributed by atoms with Crippen molar-refractivity contribution in [2.75, 3.05) is 30.8 Å². The molecular formula is C23H25FN8O3. The van der Waals surface area contributed by atoms with Crippen LogP contribution in [-0.4, -0.2) is 55.4 Å². The molecule has 0 bridgehead atoms. The molecule has 182 valence electrons. The first-order chi connectivity index (χ1) is 16.7. The van der Waals surface area contributed by atoms with E-state index >= 15 is 0 Å². The fourth-order valence-corrected chi connectivity index (χ4v) is 3.28. The van der Waals surface area contributed by atoms with Crippen LogP contribution in [0.3, 0.4) is 0 Å². The van der Waals surface area contributed by atoms with Gasteiger partial charge >= 0.3 is 0 Å². The molecule has 0 saturated carbocycles. The maximum atomic E-state index is 14.2. The lowest BCUT2D eigenvalue weighted by Crippen LogP contribution is -2.36. The van der Waals surface area contributed by atoms with Gasteiger partial charge in [-0.25, -0.2) is 14.4 Å². The molecule has 0 unspecified atom stereocenters. The van der Waals surface area contributed by atoms with Crippen molar-refractivity contribution in [2.45, 2.75) is 13.8 Å². The fourth-order valence-electron chi connectivity index (χ4n) is 3.28. The van der Waals surface area contributed by atoms with Crippen molar-refractivity contribution in [3.05, 3.63) is 70.7 Å². The molecule has 4 N–H and O–H groups in total. The van der Waals surface area contributed by atoms with Gasteiger partial charge in [-0.3, -0.25) is 14.2 Å². The van der Waals surface area contributed by atoms with E-state index in [9.17, 15) is 19.1 Å². The van der Waals surface area contributed by atoms with E-state index in [1.165, 1.54) is 41.3 Å². The van der Waals surface area contributed by atoms with Gasteiger partial charge in [0.1, 0.15) is 22.9 Å². The second-order valence-corrected chi connectivity index (χ2v) is 8.61. The molecule has 4 aromatic rings. The summed E-state index contributed by atoms with van der Waals surface area (Å²) in [5.74, 6) is -0.382. The van der Waals surface area contributed by atoms with E-state index in [4.69, 9.17) is 0 Å². The number of pyridine rings is 2. The third-order valence-electron chi connectivity index (χ3n) is 5.31. The molecule has 0 atom stereocenters. The molecule has 1 amide bonds. The van der Waals surface area contributed by atoms with Gasteiger partial charge in [0.15, 0.2) is 17.3 Å². The van der Waals surface area contributed by atoms with E-state index in [0.29, 0.717) is 5.82 Å². The van der Waals surface area contributed by atoms with Crippen LogP contribution >= 0.6 is 0 Å². The van der Waals surface area contributed by atoms with Gasteiger partial charge in [0.05, 0.1) is 6.20 Å². The summed E-state index contributed by atoms with van der Waals surface area (Å²) in [5, 5.41) is 22.4. The summed E-state index contributed by atoms with van der Waals surface area (Å²) in [6, 6.07) is 7.39. The van der Waals surface area contributed by atoms with Crippen LogP contribution in [0.5, 0.6) is 0 Å². The summed E-state index contributed by atoms with van der Waals surface area (Å²) in [5.41, 5.74) is -0.414. The minimum Gasteiger partial charge on any atom is -0.396 e. The number of nitrogens with one attached hydrogen (secondary N) is 3. The lowest BCUT2D eigenvalue weighted by Gasteiger charge is -2.21. The maximum absolute atomic E-state index is 14.2. The van der Waals surface area contributed by atoms with Gasteiger partial charge in [0, 0.05) is 44.1 Å². The van der Waals surface area contributed by atoms with E-state index in [0.717, 1.165) is 4.57 Å². The number of anilines is 3. The number of amides is 1. The normalized spacial score (nSPS) is 11.5. The Kier molecular flexibility index (Phi) is 6.47. The van der Waals surface area contributed by atoms with Crippen LogP contribution in [0, 0.1) is 11.2 Å². The number of aliphatic hydroxyl groups excluding tert-OH is 1. The number of hydrogen-bond donors (Lipinski definition) is 4. The number of carbonyl (C=O) groups is 1. The van der Waals surface area contributed by atoms with Crippen LogP contribution in [0.25, 0.3) is 11.5 Å². The summed E-state index contributed by atoms with van der Waals surface area (Å²) in [6.45, 7) is 3.82. The molecule has 4 heterocycles. The molecular weight excluding hydrogens is 455 g/mol. The maximum Gasteiger partial charge on any atom is 0.280 e. The highest BCUT2D eigenvalue weighted by Crippen LogP contribution is 2.21. The van der Waals surface area contributed by atoms with Crippen LogP contribution in [-0.2, 0) is 0 Å². The largest absolute Gasteiger partial charge is 0.396 e. The van der Waals surface area contributed by atoms with E-state index in [2.05, 4.69) is 31.0 Å². The van der Waals surface area contributed by atoms with E-state index in [1.807, 2.05) is 13.8 Å². The predicted molar refractivity (Wildman–Crippen MR) is 129 cm³/mol. The van der Waals surface area contributed by atoms with Gasteiger partial charge < -0.3 is 21.1 Å². The fraction of sp³-hybridized carbons (Fsp3) is 0.261. The quantitative estimate of drug-likeness (QED) is 0.300. The van der Waals surface area contributed by atoms with Crippen molar-refractivity contribution >= 4 is 28.9 Å². The van der Waals surface area contributed by atoms with Crippen LogP contribution in [0.4, 0.5) is 21.7 Å². The summed E-state index contributed by atoms with van der Waals surface area (Å²) >= 11 is 0. The molecule has 0 aliphatic heterocycles. The third-order valence-corrected chi connectivity index (χ3v) is 5.31. The summed E-state index contributed by atoms with van der Waals surface area (Å²) < 4.78 is 16.8. The first-order valence-corrected chi connectivity index (χ1v) is 10.8. The van der Waals surface area contributed by atoms with Gasteiger partial charge in [-0.15, -0.1) is 0 Å². The Morgan fingerprint density at radius 3 is 2.77 bits per heavy atom. The number of halogens is 1. The van der Waals surface area contributed by atoms with Crippen molar-refractivity contribution < 1.29 is 14.3 Å². The first-order valence-electron chi connectivity index (χ1n) is 10.8. The Bertz CT molecular complexity index is 1450. The van der Waals surface area contributed by atoms with E-state index < -0.39 is 22.7 Å². The van der Waals surface area contributed by atoms with Gasteiger partial charge in [-0.1, -0.05) is 13.8 Å². The second-order valence-electron chi connectivity index (χ2n) is 8.61.